The minimum Gasteiger partial charge on any atom is -0.337 e. The fourth-order valence-corrected chi connectivity index (χ4v) is 3.07. The molecule has 170 valence electrons. The number of urea groups is 1. The van der Waals surface area contributed by atoms with Gasteiger partial charge in [0.15, 0.2) is 11.6 Å². The number of halogens is 1. The Kier molecular flexibility index (Phi) is 9.86. The summed E-state index contributed by atoms with van der Waals surface area (Å²) in [6.45, 7) is 14.5. The van der Waals surface area contributed by atoms with Crippen LogP contribution in [0.5, 0.6) is 0 Å². The fraction of sp³-hybridized carbons (Fsp3) is 0.550. The number of carbonyl (C=O) groups excluding carboxylic acids is 1. The average molecular weight is 494 g/mol. The summed E-state index contributed by atoms with van der Waals surface area (Å²) in [5, 5.41) is 17.6. The molecular formula is C20H32BrN9O. The van der Waals surface area contributed by atoms with Gasteiger partial charge in [-0.3, -0.25) is 5.32 Å². The number of hydrogen-bond donors (Lipinski definition) is 2. The molecule has 3 aromatic rings. The van der Waals surface area contributed by atoms with Gasteiger partial charge in [0, 0.05) is 23.6 Å². The highest BCUT2D eigenvalue weighted by Crippen LogP contribution is 2.14. The molecule has 0 saturated heterocycles. The molecule has 10 nitrogen and oxygen atoms in total. The van der Waals surface area contributed by atoms with Crippen LogP contribution in [0, 0.1) is 0 Å². The van der Waals surface area contributed by atoms with Crippen molar-refractivity contribution in [2.75, 3.05) is 31.5 Å². The minimum absolute atomic E-state index is 0.164. The van der Waals surface area contributed by atoms with Gasteiger partial charge in [0.2, 0.25) is 0 Å². The van der Waals surface area contributed by atoms with Crippen LogP contribution in [0.3, 0.4) is 0 Å². The molecule has 31 heavy (non-hydrogen) atoms. The Balaban J connectivity index is 0.000000423. The Morgan fingerprint density at radius 2 is 1.87 bits per heavy atom. The Bertz CT molecular complexity index is 944. The van der Waals surface area contributed by atoms with E-state index in [9.17, 15) is 4.79 Å². The van der Waals surface area contributed by atoms with E-state index in [-0.39, 0.29) is 12.1 Å². The zero-order valence-electron chi connectivity index (χ0n) is 18.8. The second kappa shape index (κ2) is 12.4. The molecule has 3 heterocycles. The monoisotopic (exact) mass is 493 g/mol. The second-order valence-corrected chi connectivity index (χ2v) is 8.02. The smallest absolute Gasteiger partial charge is 0.320 e. The van der Waals surface area contributed by atoms with Crippen LogP contribution in [0.1, 0.15) is 46.5 Å². The van der Waals surface area contributed by atoms with Crippen LogP contribution in [0.15, 0.2) is 29.0 Å². The van der Waals surface area contributed by atoms with Gasteiger partial charge in [-0.05, 0) is 66.8 Å². The van der Waals surface area contributed by atoms with Crippen molar-refractivity contribution in [1.29, 1.82) is 0 Å². The molecule has 0 aliphatic carbocycles. The summed E-state index contributed by atoms with van der Waals surface area (Å²) in [4.78, 5) is 20.2. The lowest BCUT2D eigenvalue weighted by Gasteiger charge is -2.13. The molecule has 0 aliphatic heterocycles. The number of amides is 2. The maximum absolute atomic E-state index is 11.9. The molecule has 0 radical (unpaired) electrons. The standard InChI is InChI=1S/C14H17BrN8O.C6H15N/c1-9(2)23-20-11(19-21-23)5-6-16-14(24)18-12-8-22-7-10(15)3-4-13(22)17-12;1-4-7(5-2)6-3/h3-4,7-9H,5-6H2,1-2H3,(H2,16,18,24);4-6H2,1-3H3. The summed E-state index contributed by atoms with van der Waals surface area (Å²) in [6.07, 6.45) is 4.13. The summed E-state index contributed by atoms with van der Waals surface area (Å²) in [6, 6.07) is 3.59. The number of fused-ring (bicyclic) bond motifs is 1. The maximum atomic E-state index is 11.9. The van der Waals surface area contributed by atoms with Crippen LogP contribution < -0.4 is 10.6 Å². The van der Waals surface area contributed by atoms with E-state index in [0.717, 1.165) is 10.1 Å². The van der Waals surface area contributed by atoms with Crippen LogP contribution in [-0.2, 0) is 6.42 Å². The second-order valence-electron chi connectivity index (χ2n) is 7.11. The maximum Gasteiger partial charge on any atom is 0.320 e. The largest absolute Gasteiger partial charge is 0.337 e. The van der Waals surface area contributed by atoms with E-state index in [0.29, 0.717) is 24.6 Å². The van der Waals surface area contributed by atoms with Gasteiger partial charge in [-0.25, -0.2) is 9.78 Å². The molecule has 2 N–H and O–H groups in total. The Labute approximate surface area is 191 Å². The average Bonchev–Trinajstić information content (AvgIpc) is 3.36. The van der Waals surface area contributed by atoms with Crippen LogP contribution in [0.25, 0.3) is 5.65 Å². The van der Waals surface area contributed by atoms with Crippen LogP contribution >= 0.6 is 15.9 Å². The molecular weight excluding hydrogens is 462 g/mol. The number of rotatable bonds is 8. The zero-order valence-corrected chi connectivity index (χ0v) is 20.4. The fourth-order valence-electron chi connectivity index (χ4n) is 2.72. The minimum atomic E-state index is -0.325. The number of carbonyl (C=O) groups is 1. The number of hydrogen-bond acceptors (Lipinski definition) is 6. The van der Waals surface area contributed by atoms with Gasteiger partial charge in [-0.2, -0.15) is 4.80 Å². The third kappa shape index (κ3) is 7.91. The van der Waals surface area contributed by atoms with E-state index in [1.54, 1.807) is 11.0 Å². The van der Waals surface area contributed by atoms with Gasteiger partial charge < -0.3 is 14.6 Å². The number of anilines is 1. The van der Waals surface area contributed by atoms with E-state index in [2.05, 4.69) is 72.6 Å². The van der Waals surface area contributed by atoms with Crippen molar-refractivity contribution in [3.05, 3.63) is 34.8 Å². The zero-order chi connectivity index (χ0) is 22.8. The Hall–Kier alpha value is -2.53. The van der Waals surface area contributed by atoms with Gasteiger partial charge in [-0.1, -0.05) is 20.8 Å². The highest BCUT2D eigenvalue weighted by atomic mass is 79.9. The highest BCUT2D eigenvalue weighted by molar-refractivity contribution is 9.10. The topological polar surface area (TPSA) is 105 Å². The lowest BCUT2D eigenvalue weighted by molar-refractivity contribution is 0.252. The molecule has 0 aliphatic rings. The lowest BCUT2D eigenvalue weighted by Crippen LogP contribution is -2.30. The van der Waals surface area contributed by atoms with Gasteiger partial charge in [-0.15, -0.1) is 10.2 Å². The summed E-state index contributed by atoms with van der Waals surface area (Å²) >= 11 is 3.39. The molecule has 0 unspecified atom stereocenters. The van der Waals surface area contributed by atoms with Crippen molar-refractivity contribution < 1.29 is 4.79 Å². The van der Waals surface area contributed by atoms with Crippen molar-refractivity contribution in [3.63, 3.8) is 0 Å². The quantitative estimate of drug-likeness (QED) is 0.498. The summed E-state index contributed by atoms with van der Waals surface area (Å²) < 4.78 is 2.76. The number of imidazole rings is 1. The third-order valence-corrected chi connectivity index (χ3v) is 5.03. The first kappa shape index (κ1) is 24.7. The van der Waals surface area contributed by atoms with E-state index in [1.807, 2.05) is 36.6 Å². The molecule has 0 aromatic carbocycles. The number of nitrogens with one attached hydrogen (secondary N) is 2. The predicted molar refractivity (Wildman–Crippen MR) is 125 cm³/mol. The number of tetrazole rings is 1. The molecule has 0 saturated carbocycles. The molecule has 3 rings (SSSR count). The SMILES string of the molecule is CC(C)n1nnc(CCNC(=O)Nc2cn3cc(Br)ccc3n2)n1.CCN(CC)CC. The van der Waals surface area contributed by atoms with E-state index < -0.39 is 0 Å². The first-order valence-electron chi connectivity index (χ1n) is 10.6. The molecule has 3 aromatic heterocycles. The Morgan fingerprint density at radius 1 is 1.16 bits per heavy atom. The van der Waals surface area contributed by atoms with Crippen molar-refractivity contribution in [3.8, 4) is 0 Å². The van der Waals surface area contributed by atoms with Crippen LogP contribution in [0.2, 0.25) is 0 Å². The molecule has 11 heteroatoms. The first-order chi connectivity index (χ1) is 14.9. The third-order valence-electron chi connectivity index (χ3n) is 4.56. The lowest BCUT2D eigenvalue weighted by atomic mass is 10.4. The van der Waals surface area contributed by atoms with Crippen LogP contribution in [0.4, 0.5) is 10.6 Å². The normalized spacial score (nSPS) is 11.0. The molecule has 0 fully saturated rings. The van der Waals surface area contributed by atoms with Crippen molar-refractivity contribution >= 4 is 33.4 Å². The first-order valence-corrected chi connectivity index (χ1v) is 11.3. The van der Waals surface area contributed by atoms with Gasteiger partial charge in [0.1, 0.15) is 5.65 Å². The number of nitrogens with zero attached hydrogens (tertiary/aromatic N) is 7. The molecule has 0 spiro atoms. The molecule has 2 amide bonds. The van der Waals surface area contributed by atoms with Crippen molar-refractivity contribution in [2.45, 2.75) is 47.1 Å². The predicted octanol–water partition coefficient (Wildman–Crippen LogP) is 3.38. The summed E-state index contributed by atoms with van der Waals surface area (Å²) in [5.74, 6) is 1.08. The van der Waals surface area contributed by atoms with Crippen LogP contribution in [-0.4, -0.2) is 66.7 Å². The molecule has 0 bridgehead atoms. The summed E-state index contributed by atoms with van der Waals surface area (Å²) in [5.41, 5.74) is 0.753. The van der Waals surface area contributed by atoms with E-state index in [1.165, 1.54) is 19.6 Å². The number of aromatic nitrogens is 6. The van der Waals surface area contributed by atoms with E-state index >= 15 is 0 Å². The van der Waals surface area contributed by atoms with Gasteiger partial charge in [0.25, 0.3) is 0 Å². The van der Waals surface area contributed by atoms with E-state index in [4.69, 9.17) is 0 Å². The highest BCUT2D eigenvalue weighted by Gasteiger charge is 2.08. The Morgan fingerprint density at radius 3 is 2.45 bits per heavy atom. The van der Waals surface area contributed by atoms with Gasteiger partial charge >= 0.3 is 6.03 Å². The van der Waals surface area contributed by atoms with Crippen molar-refractivity contribution in [1.82, 2.24) is 39.8 Å². The summed E-state index contributed by atoms with van der Waals surface area (Å²) in [7, 11) is 0. The van der Waals surface area contributed by atoms with Crippen molar-refractivity contribution in [2.24, 2.45) is 0 Å². The van der Waals surface area contributed by atoms with Gasteiger partial charge in [0.05, 0.1) is 12.2 Å². The number of pyridine rings is 1. The molecule has 0 atom stereocenters.